The molecule has 0 spiro atoms. The molecular weight excluding hydrogens is 325 g/mol. The van der Waals surface area contributed by atoms with E-state index in [1.54, 1.807) is 18.2 Å². The predicted octanol–water partition coefficient (Wildman–Crippen LogP) is 3.31. The molecule has 128 valence electrons. The average molecular weight is 347 g/mol. The van der Waals surface area contributed by atoms with Crippen molar-refractivity contribution in [3.05, 3.63) is 59.9 Å². The van der Waals surface area contributed by atoms with Crippen LogP contribution in [0.3, 0.4) is 0 Å². The van der Waals surface area contributed by atoms with Gasteiger partial charge in [-0.25, -0.2) is 4.39 Å². The lowest BCUT2D eigenvalue weighted by atomic mass is 10.0. The molecular formula is C19H22FNO2S. The molecule has 1 unspecified atom stereocenters. The Morgan fingerprint density at radius 1 is 1.12 bits per heavy atom. The van der Waals surface area contributed by atoms with E-state index in [0.717, 1.165) is 11.1 Å². The third-order valence-corrected chi connectivity index (χ3v) is 4.74. The summed E-state index contributed by atoms with van der Waals surface area (Å²) in [4.78, 5) is 11.6. The summed E-state index contributed by atoms with van der Waals surface area (Å²) in [6.45, 7) is 3.75. The van der Waals surface area contributed by atoms with Crippen LogP contribution in [-0.2, 0) is 22.0 Å². The molecule has 1 atom stereocenters. The van der Waals surface area contributed by atoms with E-state index >= 15 is 0 Å². The van der Waals surface area contributed by atoms with Crippen LogP contribution in [0.1, 0.15) is 19.4 Å². The van der Waals surface area contributed by atoms with E-state index in [1.807, 2.05) is 38.1 Å². The normalized spacial score (nSPS) is 12.2. The number of hydrogen-bond acceptors (Lipinski definition) is 2. The summed E-state index contributed by atoms with van der Waals surface area (Å²) >= 11 is 0. The minimum Gasteiger partial charge on any atom is -0.353 e. The lowest BCUT2D eigenvalue weighted by Gasteiger charge is -2.08. The quantitative estimate of drug-likeness (QED) is 0.835. The highest BCUT2D eigenvalue weighted by atomic mass is 32.2. The highest BCUT2D eigenvalue weighted by Gasteiger charge is 2.09. The van der Waals surface area contributed by atoms with Gasteiger partial charge in [0.25, 0.3) is 0 Å². The predicted molar refractivity (Wildman–Crippen MR) is 96.7 cm³/mol. The molecule has 2 aromatic rings. The Hall–Kier alpha value is -2.01. The third kappa shape index (κ3) is 5.57. The summed E-state index contributed by atoms with van der Waals surface area (Å²) in [6.07, 6.45) is 0.624. The molecule has 0 saturated heterocycles. The molecule has 1 amide bonds. The fraction of sp³-hybridized carbons (Fsp3) is 0.316. The molecule has 0 aliphatic heterocycles. The molecule has 0 radical (unpaired) electrons. The number of benzene rings is 2. The standard InChI is InChI=1S/C19H22FNO2S/c1-14(2)21-19(22)13-24(23)12-11-15-7-9-16(10-8-15)17-5-3-4-6-18(17)20/h3-10,14H,11-13H2,1-2H3,(H,21,22). The van der Waals surface area contributed by atoms with Gasteiger partial charge in [-0.3, -0.25) is 9.00 Å². The molecule has 24 heavy (non-hydrogen) atoms. The first-order chi connectivity index (χ1) is 11.5. The summed E-state index contributed by atoms with van der Waals surface area (Å²) in [5, 5.41) is 2.74. The van der Waals surface area contributed by atoms with E-state index in [1.165, 1.54) is 6.07 Å². The van der Waals surface area contributed by atoms with Crippen molar-refractivity contribution >= 4 is 16.7 Å². The molecule has 0 heterocycles. The molecule has 5 heteroatoms. The van der Waals surface area contributed by atoms with Crippen LogP contribution < -0.4 is 5.32 Å². The SMILES string of the molecule is CC(C)NC(=O)CS(=O)CCc1ccc(-c2ccccc2F)cc1. The number of carbonyl (C=O) groups excluding carboxylic acids is 1. The highest BCUT2D eigenvalue weighted by Crippen LogP contribution is 2.22. The number of carbonyl (C=O) groups is 1. The van der Waals surface area contributed by atoms with Crippen LogP contribution in [0.15, 0.2) is 48.5 Å². The first-order valence-electron chi connectivity index (χ1n) is 7.94. The second-order valence-electron chi connectivity index (χ2n) is 5.94. The van der Waals surface area contributed by atoms with Gasteiger partial charge in [-0.15, -0.1) is 0 Å². The van der Waals surface area contributed by atoms with Gasteiger partial charge in [0.2, 0.25) is 5.91 Å². The molecule has 0 aliphatic rings. The van der Waals surface area contributed by atoms with Crippen molar-refractivity contribution in [2.75, 3.05) is 11.5 Å². The maximum Gasteiger partial charge on any atom is 0.232 e. The Balaban J connectivity index is 1.89. The summed E-state index contributed by atoms with van der Waals surface area (Å²) in [7, 11) is -1.18. The number of halogens is 1. The van der Waals surface area contributed by atoms with Crippen LogP contribution in [0.25, 0.3) is 11.1 Å². The van der Waals surface area contributed by atoms with Crippen molar-refractivity contribution < 1.29 is 13.4 Å². The van der Waals surface area contributed by atoms with Crippen molar-refractivity contribution in [2.24, 2.45) is 0 Å². The molecule has 0 fully saturated rings. The second kappa shape index (κ2) is 8.73. The highest BCUT2D eigenvalue weighted by molar-refractivity contribution is 7.85. The van der Waals surface area contributed by atoms with E-state index in [0.29, 0.717) is 17.7 Å². The van der Waals surface area contributed by atoms with E-state index in [4.69, 9.17) is 0 Å². The zero-order valence-corrected chi connectivity index (χ0v) is 14.7. The van der Waals surface area contributed by atoms with Gasteiger partial charge in [0.1, 0.15) is 11.6 Å². The zero-order valence-electron chi connectivity index (χ0n) is 13.9. The van der Waals surface area contributed by atoms with Gasteiger partial charge < -0.3 is 5.32 Å². The van der Waals surface area contributed by atoms with E-state index < -0.39 is 10.8 Å². The van der Waals surface area contributed by atoms with Gasteiger partial charge in [-0.1, -0.05) is 42.5 Å². The summed E-state index contributed by atoms with van der Waals surface area (Å²) in [5.74, 6) is 0.0384. The molecule has 1 N–H and O–H groups in total. The van der Waals surface area contributed by atoms with Crippen molar-refractivity contribution in [3.63, 3.8) is 0 Å². The Bertz CT molecular complexity index is 714. The summed E-state index contributed by atoms with van der Waals surface area (Å²) in [5.41, 5.74) is 2.40. The van der Waals surface area contributed by atoms with Gasteiger partial charge >= 0.3 is 0 Å². The Labute approximate surface area is 144 Å². The monoisotopic (exact) mass is 347 g/mol. The average Bonchev–Trinajstić information content (AvgIpc) is 2.53. The molecule has 0 aromatic heterocycles. The first kappa shape index (κ1) is 18.3. The maximum atomic E-state index is 13.8. The van der Waals surface area contributed by atoms with Crippen LogP contribution in [0, 0.1) is 5.82 Å². The number of nitrogens with one attached hydrogen (secondary N) is 1. The topological polar surface area (TPSA) is 46.2 Å². The second-order valence-corrected chi connectivity index (χ2v) is 7.51. The molecule has 2 aromatic carbocycles. The van der Waals surface area contributed by atoms with Crippen molar-refractivity contribution in [2.45, 2.75) is 26.3 Å². The van der Waals surface area contributed by atoms with Gasteiger partial charge in [0.05, 0.1) is 0 Å². The Morgan fingerprint density at radius 2 is 1.79 bits per heavy atom. The fourth-order valence-electron chi connectivity index (χ4n) is 2.36. The lowest BCUT2D eigenvalue weighted by Crippen LogP contribution is -2.34. The molecule has 0 saturated carbocycles. The number of rotatable bonds is 7. The minimum absolute atomic E-state index is 0.0332. The van der Waals surface area contributed by atoms with Gasteiger partial charge in [0, 0.05) is 28.2 Å². The minimum atomic E-state index is -1.18. The number of aryl methyl sites for hydroxylation is 1. The molecule has 3 nitrogen and oxygen atoms in total. The van der Waals surface area contributed by atoms with Crippen molar-refractivity contribution in [1.29, 1.82) is 0 Å². The molecule has 2 rings (SSSR count). The maximum absolute atomic E-state index is 13.8. The number of amides is 1. The zero-order chi connectivity index (χ0) is 17.5. The molecule has 0 bridgehead atoms. The smallest absolute Gasteiger partial charge is 0.232 e. The van der Waals surface area contributed by atoms with Crippen LogP contribution in [-0.4, -0.2) is 27.7 Å². The fourth-order valence-corrected chi connectivity index (χ4v) is 3.34. The first-order valence-corrected chi connectivity index (χ1v) is 9.42. The van der Waals surface area contributed by atoms with E-state index in [9.17, 15) is 13.4 Å². The van der Waals surface area contributed by atoms with Gasteiger partial charge in [-0.05, 0) is 37.5 Å². The van der Waals surface area contributed by atoms with Crippen LogP contribution >= 0.6 is 0 Å². The Kier molecular flexibility index (Phi) is 6.67. The lowest BCUT2D eigenvalue weighted by molar-refractivity contribution is -0.119. The Morgan fingerprint density at radius 3 is 2.42 bits per heavy atom. The van der Waals surface area contributed by atoms with Crippen LogP contribution in [0.2, 0.25) is 0 Å². The van der Waals surface area contributed by atoms with Crippen LogP contribution in [0.4, 0.5) is 4.39 Å². The largest absolute Gasteiger partial charge is 0.353 e. The molecule has 0 aliphatic carbocycles. The third-order valence-electron chi connectivity index (χ3n) is 3.50. The van der Waals surface area contributed by atoms with Gasteiger partial charge in [0.15, 0.2) is 0 Å². The van der Waals surface area contributed by atoms with E-state index in [2.05, 4.69) is 5.32 Å². The van der Waals surface area contributed by atoms with Crippen LogP contribution in [0.5, 0.6) is 0 Å². The van der Waals surface area contributed by atoms with E-state index in [-0.39, 0.29) is 23.5 Å². The summed E-state index contributed by atoms with van der Waals surface area (Å²) in [6, 6.07) is 14.3. The van der Waals surface area contributed by atoms with Crippen molar-refractivity contribution in [3.8, 4) is 11.1 Å². The number of hydrogen-bond donors (Lipinski definition) is 1. The summed E-state index contributed by atoms with van der Waals surface area (Å²) < 4.78 is 25.7. The van der Waals surface area contributed by atoms with Crippen molar-refractivity contribution in [1.82, 2.24) is 5.32 Å². The van der Waals surface area contributed by atoms with Gasteiger partial charge in [-0.2, -0.15) is 0 Å².